The van der Waals surface area contributed by atoms with Crippen molar-refractivity contribution in [2.75, 3.05) is 26.2 Å². The van der Waals surface area contributed by atoms with E-state index >= 15 is 0 Å². The standard InChI is InChI=1S/C18H33N3O2/c1-3-9-18(2,19)17(23)21-11-6-10-20(12-13-21)16(22)14-15-7-4-5-8-15/h15H,3-14,19H2,1-2H3. The smallest absolute Gasteiger partial charge is 0.242 e. The summed E-state index contributed by atoms with van der Waals surface area (Å²) in [6, 6.07) is 0. The van der Waals surface area contributed by atoms with E-state index in [-0.39, 0.29) is 11.8 Å². The van der Waals surface area contributed by atoms with Crippen molar-refractivity contribution in [3.05, 3.63) is 0 Å². The molecule has 5 heteroatoms. The highest BCUT2D eigenvalue weighted by Gasteiger charge is 2.33. The van der Waals surface area contributed by atoms with Crippen LogP contribution in [0.25, 0.3) is 0 Å². The van der Waals surface area contributed by atoms with E-state index in [0.29, 0.717) is 38.4 Å². The van der Waals surface area contributed by atoms with Gasteiger partial charge in [0.1, 0.15) is 0 Å². The number of nitrogens with two attached hydrogens (primary N) is 1. The first-order valence-corrected chi connectivity index (χ1v) is 9.30. The predicted octanol–water partition coefficient (Wildman–Crippen LogP) is 2.15. The highest BCUT2D eigenvalue weighted by Crippen LogP contribution is 2.28. The molecule has 0 aromatic rings. The molecular weight excluding hydrogens is 290 g/mol. The molecular formula is C18H33N3O2. The van der Waals surface area contributed by atoms with Gasteiger partial charge in [-0.3, -0.25) is 9.59 Å². The van der Waals surface area contributed by atoms with Crippen LogP contribution in [0.3, 0.4) is 0 Å². The molecule has 1 unspecified atom stereocenters. The molecule has 2 N–H and O–H groups in total. The quantitative estimate of drug-likeness (QED) is 0.843. The molecule has 0 aromatic carbocycles. The van der Waals surface area contributed by atoms with Crippen LogP contribution in [0.1, 0.15) is 65.2 Å². The van der Waals surface area contributed by atoms with E-state index in [4.69, 9.17) is 5.73 Å². The highest BCUT2D eigenvalue weighted by atomic mass is 16.2. The fourth-order valence-corrected chi connectivity index (χ4v) is 3.95. The Morgan fingerprint density at radius 1 is 1.04 bits per heavy atom. The fraction of sp³-hybridized carbons (Fsp3) is 0.889. The lowest BCUT2D eigenvalue weighted by Crippen LogP contribution is -2.54. The molecule has 1 atom stereocenters. The van der Waals surface area contributed by atoms with Crippen molar-refractivity contribution in [3.8, 4) is 0 Å². The number of amides is 2. The molecule has 2 fully saturated rings. The van der Waals surface area contributed by atoms with Gasteiger partial charge in [-0.25, -0.2) is 0 Å². The van der Waals surface area contributed by atoms with Crippen LogP contribution in [0.5, 0.6) is 0 Å². The summed E-state index contributed by atoms with van der Waals surface area (Å²) < 4.78 is 0. The van der Waals surface area contributed by atoms with E-state index < -0.39 is 5.54 Å². The van der Waals surface area contributed by atoms with Crippen LogP contribution in [0.2, 0.25) is 0 Å². The third-order valence-corrected chi connectivity index (χ3v) is 5.33. The van der Waals surface area contributed by atoms with Crippen LogP contribution < -0.4 is 5.73 Å². The van der Waals surface area contributed by atoms with E-state index in [1.54, 1.807) is 0 Å². The average molecular weight is 323 g/mol. The zero-order valence-electron chi connectivity index (χ0n) is 14.9. The molecule has 1 aliphatic heterocycles. The lowest BCUT2D eigenvalue weighted by atomic mass is 9.95. The zero-order chi connectivity index (χ0) is 16.9. The number of carbonyl (C=O) groups excluding carboxylic acids is 2. The molecule has 2 amide bonds. The first-order chi connectivity index (χ1) is 10.9. The molecule has 1 saturated heterocycles. The normalized spacial score (nSPS) is 22.7. The van der Waals surface area contributed by atoms with Crippen LogP contribution in [0, 0.1) is 5.92 Å². The van der Waals surface area contributed by atoms with Crippen molar-refractivity contribution in [1.82, 2.24) is 9.80 Å². The average Bonchev–Trinajstić information content (AvgIpc) is 2.88. The van der Waals surface area contributed by atoms with E-state index in [9.17, 15) is 9.59 Å². The van der Waals surface area contributed by atoms with Gasteiger partial charge in [-0.1, -0.05) is 26.2 Å². The Morgan fingerprint density at radius 2 is 1.65 bits per heavy atom. The monoisotopic (exact) mass is 323 g/mol. The third kappa shape index (κ3) is 4.93. The van der Waals surface area contributed by atoms with Crippen LogP contribution in [-0.4, -0.2) is 53.3 Å². The Bertz CT molecular complexity index is 416. The summed E-state index contributed by atoms with van der Waals surface area (Å²) in [5, 5.41) is 0. The van der Waals surface area contributed by atoms with Crippen LogP contribution >= 0.6 is 0 Å². The second-order valence-electron chi connectivity index (χ2n) is 7.55. The molecule has 5 nitrogen and oxygen atoms in total. The summed E-state index contributed by atoms with van der Waals surface area (Å²) in [6.45, 7) is 6.62. The summed E-state index contributed by atoms with van der Waals surface area (Å²) in [6.07, 6.45) is 8.09. The third-order valence-electron chi connectivity index (χ3n) is 5.33. The van der Waals surface area contributed by atoms with Crippen molar-refractivity contribution in [3.63, 3.8) is 0 Å². The first kappa shape index (κ1) is 18.2. The first-order valence-electron chi connectivity index (χ1n) is 9.30. The molecule has 0 radical (unpaired) electrons. The van der Waals surface area contributed by atoms with Crippen molar-refractivity contribution < 1.29 is 9.59 Å². The van der Waals surface area contributed by atoms with Crippen molar-refractivity contribution in [2.45, 2.75) is 70.8 Å². The maximum atomic E-state index is 12.6. The molecule has 2 aliphatic rings. The fourth-order valence-electron chi connectivity index (χ4n) is 3.95. The molecule has 1 saturated carbocycles. The topological polar surface area (TPSA) is 66.6 Å². The molecule has 0 aromatic heterocycles. The van der Waals surface area contributed by atoms with Crippen molar-refractivity contribution >= 4 is 11.8 Å². The van der Waals surface area contributed by atoms with E-state index in [1.807, 2.05) is 23.6 Å². The molecule has 0 spiro atoms. The second kappa shape index (κ2) is 8.13. The highest BCUT2D eigenvalue weighted by molar-refractivity contribution is 5.85. The molecule has 23 heavy (non-hydrogen) atoms. The van der Waals surface area contributed by atoms with Gasteiger partial charge in [-0.15, -0.1) is 0 Å². The van der Waals surface area contributed by atoms with Gasteiger partial charge in [0.25, 0.3) is 0 Å². The van der Waals surface area contributed by atoms with E-state index in [1.165, 1.54) is 25.7 Å². The Hall–Kier alpha value is -1.10. The minimum atomic E-state index is -0.780. The van der Waals surface area contributed by atoms with Gasteiger partial charge in [-0.2, -0.15) is 0 Å². The Balaban J connectivity index is 1.86. The molecule has 1 aliphatic carbocycles. The second-order valence-corrected chi connectivity index (χ2v) is 7.55. The number of rotatable bonds is 5. The summed E-state index contributed by atoms with van der Waals surface area (Å²) in [7, 11) is 0. The Kier molecular flexibility index (Phi) is 6.45. The van der Waals surface area contributed by atoms with Gasteiger partial charge in [0.05, 0.1) is 5.54 Å². The van der Waals surface area contributed by atoms with Crippen molar-refractivity contribution in [1.29, 1.82) is 0 Å². The maximum Gasteiger partial charge on any atom is 0.242 e. The molecule has 2 rings (SSSR count). The summed E-state index contributed by atoms with van der Waals surface area (Å²) in [5.74, 6) is 0.889. The number of hydrogen-bond acceptors (Lipinski definition) is 3. The minimum absolute atomic E-state index is 0.0319. The number of carbonyl (C=O) groups is 2. The summed E-state index contributed by atoms with van der Waals surface area (Å²) >= 11 is 0. The van der Waals surface area contributed by atoms with Gasteiger partial charge < -0.3 is 15.5 Å². The summed E-state index contributed by atoms with van der Waals surface area (Å²) in [5.41, 5.74) is 5.40. The largest absolute Gasteiger partial charge is 0.341 e. The van der Waals surface area contributed by atoms with Gasteiger partial charge >= 0.3 is 0 Å². The van der Waals surface area contributed by atoms with Crippen LogP contribution in [-0.2, 0) is 9.59 Å². The van der Waals surface area contributed by atoms with Gasteiger partial charge in [0.15, 0.2) is 0 Å². The molecule has 132 valence electrons. The van der Waals surface area contributed by atoms with Crippen LogP contribution in [0.15, 0.2) is 0 Å². The Morgan fingerprint density at radius 3 is 2.30 bits per heavy atom. The lowest BCUT2D eigenvalue weighted by molar-refractivity contribution is -0.137. The molecule has 0 bridgehead atoms. The van der Waals surface area contributed by atoms with Crippen LogP contribution in [0.4, 0.5) is 0 Å². The van der Waals surface area contributed by atoms with E-state index in [0.717, 1.165) is 19.4 Å². The zero-order valence-corrected chi connectivity index (χ0v) is 14.9. The lowest BCUT2D eigenvalue weighted by Gasteiger charge is -2.31. The minimum Gasteiger partial charge on any atom is -0.341 e. The van der Waals surface area contributed by atoms with Gasteiger partial charge in [0, 0.05) is 32.6 Å². The van der Waals surface area contributed by atoms with Gasteiger partial charge in [-0.05, 0) is 38.5 Å². The molecule has 1 heterocycles. The van der Waals surface area contributed by atoms with Crippen molar-refractivity contribution in [2.24, 2.45) is 11.7 Å². The van der Waals surface area contributed by atoms with Gasteiger partial charge in [0.2, 0.25) is 11.8 Å². The summed E-state index contributed by atoms with van der Waals surface area (Å²) in [4.78, 5) is 28.9. The number of nitrogens with zero attached hydrogens (tertiary/aromatic N) is 2. The maximum absolute atomic E-state index is 12.6. The van der Waals surface area contributed by atoms with E-state index in [2.05, 4.69) is 0 Å². The number of hydrogen-bond donors (Lipinski definition) is 1. The Labute approximate surface area is 140 Å². The predicted molar refractivity (Wildman–Crippen MR) is 91.9 cm³/mol. The SMILES string of the molecule is CCCC(C)(N)C(=O)N1CCCN(C(=O)CC2CCCC2)CC1.